The zero-order valence-electron chi connectivity index (χ0n) is 14.4. The van der Waals surface area contributed by atoms with Crippen molar-refractivity contribution >= 4 is 24.0 Å². The topological polar surface area (TPSA) is 64.4 Å². The second-order valence-corrected chi connectivity index (χ2v) is 6.03. The van der Waals surface area contributed by atoms with Crippen molar-refractivity contribution < 1.29 is 13.9 Å². The van der Waals surface area contributed by atoms with Crippen LogP contribution in [-0.2, 0) is 11.4 Å². The highest BCUT2D eigenvalue weighted by Gasteiger charge is 2.27. The number of nitrogens with two attached hydrogens (primary N) is 1. The van der Waals surface area contributed by atoms with Gasteiger partial charge in [-0.2, -0.15) is 0 Å². The molecule has 0 bridgehead atoms. The van der Waals surface area contributed by atoms with Crippen molar-refractivity contribution in [3.05, 3.63) is 59.9 Å². The molecule has 0 heterocycles. The molecule has 2 aromatic carbocycles. The van der Waals surface area contributed by atoms with Crippen LogP contribution in [0.5, 0.6) is 5.75 Å². The zero-order valence-corrected chi connectivity index (χ0v) is 15.2. The van der Waals surface area contributed by atoms with E-state index in [4.69, 9.17) is 10.5 Å². The smallest absolute Gasteiger partial charge is 0.244 e. The number of anilines is 1. The lowest BCUT2D eigenvalue weighted by molar-refractivity contribution is -0.120. The Morgan fingerprint density at radius 2 is 1.84 bits per heavy atom. The lowest BCUT2D eigenvalue weighted by Crippen LogP contribution is -2.48. The molecule has 1 amide bonds. The van der Waals surface area contributed by atoms with Crippen molar-refractivity contribution in [3.63, 3.8) is 0 Å². The predicted octanol–water partition coefficient (Wildman–Crippen LogP) is 4.28. The molecule has 0 fully saturated rings. The van der Waals surface area contributed by atoms with E-state index in [2.05, 4.69) is 5.32 Å². The van der Waals surface area contributed by atoms with Gasteiger partial charge in [-0.25, -0.2) is 4.39 Å². The molecule has 0 aromatic heterocycles. The van der Waals surface area contributed by atoms with Gasteiger partial charge in [0, 0.05) is 11.3 Å². The molecule has 25 heavy (non-hydrogen) atoms. The van der Waals surface area contributed by atoms with E-state index < -0.39 is 5.54 Å². The molecule has 1 atom stereocenters. The molecule has 0 aliphatic rings. The lowest BCUT2D eigenvalue weighted by atomic mass is 9.96. The third kappa shape index (κ3) is 6.03. The van der Waals surface area contributed by atoms with Crippen molar-refractivity contribution in [1.82, 2.24) is 0 Å². The Hall–Kier alpha value is -2.11. The fourth-order valence-electron chi connectivity index (χ4n) is 2.32. The number of carbonyl (C=O) groups is 1. The van der Waals surface area contributed by atoms with Crippen LogP contribution < -0.4 is 15.8 Å². The highest BCUT2D eigenvalue weighted by atomic mass is 35.5. The first-order chi connectivity index (χ1) is 11.4. The summed E-state index contributed by atoms with van der Waals surface area (Å²) < 4.78 is 19.1. The summed E-state index contributed by atoms with van der Waals surface area (Å²) in [6, 6.07) is 13.4. The molecular formula is C19H24ClFN2O2. The third-order valence-corrected chi connectivity index (χ3v) is 3.75. The molecule has 136 valence electrons. The van der Waals surface area contributed by atoms with Gasteiger partial charge in [0.05, 0.1) is 5.54 Å². The normalized spacial score (nSPS) is 12.6. The maximum atomic E-state index is 13.5. The highest BCUT2D eigenvalue weighted by Crippen LogP contribution is 2.19. The minimum atomic E-state index is -0.894. The second kappa shape index (κ2) is 9.39. The fourth-order valence-corrected chi connectivity index (χ4v) is 2.32. The number of hydrogen-bond acceptors (Lipinski definition) is 3. The highest BCUT2D eigenvalue weighted by molar-refractivity contribution is 5.97. The molecule has 0 radical (unpaired) electrons. The van der Waals surface area contributed by atoms with Gasteiger partial charge < -0.3 is 15.8 Å². The first-order valence-corrected chi connectivity index (χ1v) is 7.99. The molecule has 3 N–H and O–H groups in total. The van der Waals surface area contributed by atoms with Gasteiger partial charge in [-0.05, 0) is 43.7 Å². The van der Waals surface area contributed by atoms with Gasteiger partial charge in [-0.15, -0.1) is 12.4 Å². The molecule has 4 nitrogen and oxygen atoms in total. The number of halogens is 2. The molecule has 6 heteroatoms. The van der Waals surface area contributed by atoms with Crippen molar-refractivity contribution in [2.75, 3.05) is 5.32 Å². The lowest BCUT2D eigenvalue weighted by Gasteiger charge is -2.22. The summed E-state index contributed by atoms with van der Waals surface area (Å²) in [7, 11) is 0. The summed E-state index contributed by atoms with van der Waals surface area (Å²) in [4.78, 5) is 12.1. The first-order valence-electron chi connectivity index (χ1n) is 7.99. The summed E-state index contributed by atoms with van der Waals surface area (Å²) in [5, 5.41) is 2.80. The van der Waals surface area contributed by atoms with E-state index in [1.165, 1.54) is 6.07 Å². The maximum Gasteiger partial charge on any atom is 0.244 e. The van der Waals surface area contributed by atoms with Gasteiger partial charge in [-0.3, -0.25) is 4.79 Å². The summed E-state index contributed by atoms with van der Waals surface area (Å²) in [6.45, 7) is 3.85. The number of carbonyl (C=O) groups excluding carboxylic acids is 1. The zero-order chi connectivity index (χ0) is 17.6. The Bertz CT molecular complexity index is 690. The Balaban J connectivity index is 0.00000312. The van der Waals surface area contributed by atoms with E-state index in [0.29, 0.717) is 23.4 Å². The summed E-state index contributed by atoms with van der Waals surface area (Å²) in [5.74, 6) is 0.0873. The minimum absolute atomic E-state index is 0. The standard InChI is InChI=1S/C19H23FN2O2.ClH/c1-3-12-19(2,21)18(23)22-15-8-10-16(11-9-15)24-13-14-6-4-5-7-17(14)20;/h4-11H,3,12-13,21H2,1-2H3,(H,22,23);1H. The van der Waals surface area contributed by atoms with Crippen LogP contribution in [0.2, 0.25) is 0 Å². The number of nitrogens with one attached hydrogen (secondary N) is 1. The summed E-state index contributed by atoms with van der Waals surface area (Å²) in [5.41, 5.74) is 6.25. The molecule has 0 saturated heterocycles. The third-order valence-electron chi connectivity index (χ3n) is 3.75. The van der Waals surface area contributed by atoms with Crippen LogP contribution in [0.15, 0.2) is 48.5 Å². The maximum absolute atomic E-state index is 13.5. The van der Waals surface area contributed by atoms with Crippen molar-refractivity contribution in [1.29, 1.82) is 0 Å². The number of ether oxygens (including phenoxy) is 1. The molecular weight excluding hydrogens is 343 g/mol. The van der Waals surface area contributed by atoms with Crippen LogP contribution in [0.25, 0.3) is 0 Å². The van der Waals surface area contributed by atoms with Crippen LogP contribution in [0.3, 0.4) is 0 Å². The van der Waals surface area contributed by atoms with Gasteiger partial charge in [0.2, 0.25) is 5.91 Å². The van der Waals surface area contributed by atoms with Crippen LogP contribution in [-0.4, -0.2) is 11.4 Å². The Morgan fingerprint density at radius 1 is 1.20 bits per heavy atom. The summed E-state index contributed by atoms with van der Waals surface area (Å²) in [6.07, 6.45) is 1.45. The number of amides is 1. The van der Waals surface area contributed by atoms with E-state index in [9.17, 15) is 9.18 Å². The van der Waals surface area contributed by atoms with E-state index >= 15 is 0 Å². The van der Waals surface area contributed by atoms with Crippen molar-refractivity contribution in [2.45, 2.75) is 38.8 Å². The van der Waals surface area contributed by atoms with Gasteiger partial charge in [0.15, 0.2) is 0 Å². The van der Waals surface area contributed by atoms with Crippen LogP contribution in [0, 0.1) is 5.82 Å². The molecule has 0 aliphatic carbocycles. The van der Waals surface area contributed by atoms with Crippen LogP contribution in [0.4, 0.5) is 10.1 Å². The Labute approximate surface area is 154 Å². The minimum Gasteiger partial charge on any atom is -0.489 e. The van der Waals surface area contributed by atoms with E-state index in [-0.39, 0.29) is 30.7 Å². The largest absolute Gasteiger partial charge is 0.489 e. The van der Waals surface area contributed by atoms with Crippen LogP contribution in [0.1, 0.15) is 32.3 Å². The molecule has 0 saturated carbocycles. The number of benzene rings is 2. The Morgan fingerprint density at radius 3 is 2.44 bits per heavy atom. The molecule has 0 spiro atoms. The number of rotatable bonds is 7. The predicted molar refractivity (Wildman–Crippen MR) is 101 cm³/mol. The monoisotopic (exact) mass is 366 g/mol. The van der Waals surface area contributed by atoms with E-state index in [0.717, 1.165) is 6.42 Å². The average molecular weight is 367 g/mol. The van der Waals surface area contributed by atoms with E-state index in [1.54, 1.807) is 49.4 Å². The van der Waals surface area contributed by atoms with Gasteiger partial charge in [-0.1, -0.05) is 31.5 Å². The van der Waals surface area contributed by atoms with Crippen molar-refractivity contribution in [2.24, 2.45) is 5.73 Å². The second-order valence-electron chi connectivity index (χ2n) is 6.03. The van der Waals surface area contributed by atoms with E-state index in [1.807, 2.05) is 6.92 Å². The van der Waals surface area contributed by atoms with Gasteiger partial charge >= 0.3 is 0 Å². The molecule has 2 rings (SSSR count). The molecule has 0 aliphatic heterocycles. The first kappa shape index (κ1) is 20.9. The Kier molecular flexibility index (Phi) is 7.87. The SMILES string of the molecule is CCCC(C)(N)C(=O)Nc1ccc(OCc2ccccc2F)cc1.Cl. The summed E-state index contributed by atoms with van der Waals surface area (Å²) >= 11 is 0. The average Bonchev–Trinajstić information content (AvgIpc) is 2.55. The van der Waals surface area contributed by atoms with Gasteiger partial charge in [0.25, 0.3) is 0 Å². The van der Waals surface area contributed by atoms with Gasteiger partial charge in [0.1, 0.15) is 18.2 Å². The fraction of sp³-hybridized carbons (Fsp3) is 0.316. The quantitative estimate of drug-likeness (QED) is 0.768. The van der Waals surface area contributed by atoms with Crippen molar-refractivity contribution in [3.8, 4) is 5.75 Å². The van der Waals surface area contributed by atoms with Crippen LogP contribution >= 0.6 is 12.4 Å². The number of hydrogen-bond donors (Lipinski definition) is 2. The molecule has 2 aromatic rings. The molecule has 1 unspecified atom stereocenters.